The Labute approximate surface area is 154 Å². The lowest BCUT2D eigenvalue weighted by atomic mass is 10.0. The molecule has 4 nitrogen and oxygen atoms in total. The van der Waals surface area contributed by atoms with Crippen molar-refractivity contribution < 1.29 is 25.6 Å². The Morgan fingerprint density at radius 2 is 1.69 bits per heavy atom. The van der Waals surface area contributed by atoms with Crippen LogP contribution in [0.5, 0.6) is 0 Å². The van der Waals surface area contributed by atoms with Crippen LogP contribution in [0.3, 0.4) is 0 Å². The molecule has 0 aromatic heterocycles. The number of halogens is 2. The Hall–Kier alpha value is -1.02. The molecule has 0 N–H and O–H groups in total. The molecule has 0 spiro atoms. The van der Waals surface area contributed by atoms with Crippen LogP contribution in [0.4, 0.5) is 8.78 Å². The normalized spacial score (nSPS) is 18.0. The summed E-state index contributed by atoms with van der Waals surface area (Å²) in [5, 5.41) is -1.68. The van der Waals surface area contributed by atoms with Gasteiger partial charge < -0.3 is 0 Å². The van der Waals surface area contributed by atoms with Crippen molar-refractivity contribution in [1.29, 1.82) is 0 Å². The molecule has 0 saturated heterocycles. The molecule has 1 aromatic carbocycles. The number of rotatable bonds is 8. The Kier molecular flexibility index (Phi) is 7.19. The lowest BCUT2D eigenvalue weighted by Crippen LogP contribution is -2.29. The van der Waals surface area contributed by atoms with E-state index in [1.165, 1.54) is 0 Å². The molecule has 1 unspecified atom stereocenters. The molecule has 26 heavy (non-hydrogen) atoms. The first-order valence-electron chi connectivity index (χ1n) is 8.96. The average Bonchev–Trinajstić information content (AvgIpc) is 2.57. The molecule has 0 amide bonds. The van der Waals surface area contributed by atoms with Crippen molar-refractivity contribution in [2.24, 2.45) is 0 Å². The van der Waals surface area contributed by atoms with Crippen molar-refractivity contribution in [3.05, 3.63) is 35.4 Å². The topological polar surface area (TPSA) is 68.3 Å². The molecule has 148 valence electrons. The van der Waals surface area contributed by atoms with Crippen molar-refractivity contribution in [2.75, 3.05) is 12.0 Å². The van der Waals surface area contributed by atoms with Crippen molar-refractivity contribution >= 4 is 19.7 Å². The van der Waals surface area contributed by atoms with Crippen LogP contribution in [0.1, 0.15) is 62.2 Å². The van der Waals surface area contributed by atoms with Crippen LogP contribution in [0.15, 0.2) is 18.2 Å². The predicted molar refractivity (Wildman–Crippen MR) is 98.5 cm³/mol. The van der Waals surface area contributed by atoms with Crippen LogP contribution in [-0.4, -0.2) is 34.1 Å². The first-order chi connectivity index (χ1) is 12.1. The fraction of sp³-hybridized carbons (Fsp3) is 0.667. The third-order valence-electron chi connectivity index (χ3n) is 4.95. The molecule has 1 saturated carbocycles. The van der Waals surface area contributed by atoms with Gasteiger partial charge in [-0.15, -0.1) is 0 Å². The largest absolute Gasteiger partial charge is 0.229 e. The van der Waals surface area contributed by atoms with E-state index in [1.54, 1.807) is 0 Å². The summed E-state index contributed by atoms with van der Waals surface area (Å²) in [7, 11) is -6.83. The van der Waals surface area contributed by atoms with Gasteiger partial charge in [0, 0.05) is 17.6 Å². The van der Waals surface area contributed by atoms with Crippen LogP contribution in [-0.2, 0) is 19.7 Å². The SMILES string of the molecule is CS(=O)(=O)CCCCC(c1cc(F)ccc1F)S(=O)(=O)C1CCCCC1. The first kappa shape index (κ1) is 21.3. The van der Waals surface area contributed by atoms with Crippen molar-refractivity contribution in [1.82, 2.24) is 0 Å². The summed E-state index contributed by atoms with van der Waals surface area (Å²) in [6.45, 7) is 0. The van der Waals surface area contributed by atoms with E-state index in [0.29, 0.717) is 25.7 Å². The van der Waals surface area contributed by atoms with E-state index in [0.717, 1.165) is 43.7 Å². The smallest absolute Gasteiger partial charge is 0.160 e. The zero-order valence-electron chi connectivity index (χ0n) is 15.0. The summed E-state index contributed by atoms with van der Waals surface area (Å²) in [5.74, 6) is -1.46. The first-order valence-corrected chi connectivity index (χ1v) is 12.6. The molecule has 0 aliphatic heterocycles. The minimum Gasteiger partial charge on any atom is -0.229 e. The maximum Gasteiger partial charge on any atom is 0.160 e. The number of sulfone groups is 2. The highest BCUT2D eigenvalue weighted by atomic mass is 32.2. The minimum absolute atomic E-state index is 0.0468. The van der Waals surface area contributed by atoms with Gasteiger partial charge >= 0.3 is 0 Å². The molecular weight excluding hydrogens is 382 g/mol. The maximum atomic E-state index is 14.3. The summed E-state index contributed by atoms with van der Waals surface area (Å²) >= 11 is 0. The summed E-state index contributed by atoms with van der Waals surface area (Å²) in [5.41, 5.74) is -0.144. The van der Waals surface area contributed by atoms with Gasteiger partial charge in [-0.2, -0.15) is 0 Å². The molecule has 1 aliphatic carbocycles. The molecular formula is C18H26F2O4S2. The lowest BCUT2D eigenvalue weighted by Gasteiger charge is -2.27. The van der Waals surface area contributed by atoms with Crippen LogP contribution >= 0.6 is 0 Å². The highest BCUT2D eigenvalue weighted by Gasteiger charge is 2.37. The number of hydrogen-bond donors (Lipinski definition) is 0. The summed E-state index contributed by atoms with van der Waals surface area (Å²) in [4.78, 5) is 0. The van der Waals surface area contributed by atoms with Gasteiger partial charge in [0.2, 0.25) is 0 Å². The highest BCUT2D eigenvalue weighted by molar-refractivity contribution is 7.92. The zero-order chi connectivity index (χ0) is 19.4. The molecule has 0 heterocycles. The second-order valence-electron chi connectivity index (χ2n) is 7.13. The fourth-order valence-corrected chi connectivity index (χ4v) is 6.79. The number of hydrogen-bond acceptors (Lipinski definition) is 4. The van der Waals surface area contributed by atoms with Gasteiger partial charge in [0.05, 0.1) is 10.5 Å². The minimum atomic E-state index is -3.69. The van der Waals surface area contributed by atoms with E-state index in [1.807, 2.05) is 0 Å². The van der Waals surface area contributed by atoms with E-state index >= 15 is 0 Å². The van der Waals surface area contributed by atoms with Crippen molar-refractivity contribution in [3.63, 3.8) is 0 Å². The second kappa shape index (κ2) is 8.78. The van der Waals surface area contributed by atoms with Crippen LogP contribution in [0.2, 0.25) is 0 Å². The quantitative estimate of drug-likeness (QED) is 0.611. The molecule has 1 atom stereocenters. The van der Waals surface area contributed by atoms with Gasteiger partial charge in [-0.05, 0) is 43.9 Å². The molecule has 0 radical (unpaired) electrons. The zero-order valence-corrected chi connectivity index (χ0v) is 16.6. The molecule has 2 rings (SSSR count). The van der Waals surface area contributed by atoms with Gasteiger partial charge in [0.25, 0.3) is 0 Å². The third kappa shape index (κ3) is 5.74. The van der Waals surface area contributed by atoms with Crippen LogP contribution in [0, 0.1) is 11.6 Å². The Morgan fingerprint density at radius 3 is 2.31 bits per heavy atom. The van der Waals surface area contributed by atoms with Gasteiger partial charge in [-0.25, -0.2) is 25.6 Å². The monoisotopic (exact) mass is 408 g/mol. The average molecular weight is 409 g/mol. The van der Waals surface area contributed by atoms with E-state index in [4.69, 9.17) is 0 Å². The van der Waals surface area contributed by atoms with E-state index < -0.39 is 41.8 Å². The molecule has 1 aliphatic rings. The van der Waals surface area contributed by atoms with Gasteiger partial charge in [-0.3, -0.25) is 0 Å². The standard InChI is InChI=1S/C18H26F2O4S2/c1-25(21,22)12-6-5-9-18(16-13-14(19)10-11-17(16)20)26(23,24)15-7-3-2-4-8-15/h10-11,13,15,18H,2-9,12H2,1H3. The fourth-order valence-electron chi connectivity index (χ4n) is 3.58. The highest BCUT2D eigenvalue weighted by Crippen LogP contribution is 2.37. The molecule has 1 aromatic rings. The Bertz CT molecular complexity index is 814. The number of benzene rings is 1. The van der Waals surface area contributed by atoms with E-state index in [2.05, 4.69) is 0 Å². The van der Waals surface area contributed by atoms with Crippen molar-refractivity contribution in [2.45, 2.75) is 61.9 Å². The Morgan fingerprint density at radius 1 is 1.04 bits per heavy atom. The predicted octanol–water partition coefficient (Wildman–Crippen LogP) is 3.97. The second-order valence-corrected chi connectivity index (χ2v) is 11.8. The van der Waals surface area contributed by atoms with Crippen LogP contribution in [0.25, 0.3) is 0 Å². The van der Waals surface area contributed by atoms with Gasteiger partial charge in [-0.1, -0.05) is 25.7 Å². The van der Waals surface area contributed by atoms with E-state index in [-0.39, 0.29) is 17.7 Å². The molecule has 8 heteroatoms. The summed E-state index contributed by atoms with van der Waals surface area (Å²) in [6, 6.07) is 2.87. The van der Waals surface area contributed by atoms with E-state index in [9.17, 15) is 25.6 Å². The molecule has 1 fully saturated rings. The maximum absolute atomic E-state index is 14.3. The summed E-state index contributed by atoms with van der Waals surface area (Å²) in [6.07, 6.45) is 5.53. The summed E-state index contributed by atoms with van der Waals surface area (Å²) < 4.78 is 76.7. The van der Waals surface area contributed by atoms with Gasteiger partial charge in [0.1, 0.15) is 21.5 Å². The van der Waals surface area contributed by atoms with Crippen molar-refractivity contribution in [3.8, 4) is 0 Å². The Balaban J connectivity index is 2.27. The third-order valence-corrected chi connectivity index (χ3v) is 8.66. The van der Waals surface area contributed by atoms with Crippen LogP contribution < -0.4 is 0 Å². The van der Waals surface area contributed by atoms with Gasteiger partial charge in [0.15, 0.2) is 9.84 Å². The lowest BCUT2D eigenvalue weighted by molar-refractivity contribution is 0.472. The molecule has 0 bridgehead atoms. The number of unbranched alkanes of at least 4 members (excludes halogenated alkanes) is 1.